The van der Waals surface area contributed by atoms with Crippen LogP contribution in [0.1, 0.15) is 30.4 Å². The summed E-state index contributed by atoms with van der Waals surface area (Å²) in [5.41, 5.74) is 3.34. The predicted molar refractivity (Wildman–Crippen MR) is 121 cm³/mol. The van der Waals surface area contributed by atoms with Crippen LogP contribution in [0.4, 0.5) is 0 Å². The molecule has 0 radical (unpaired) electrons. The van der Waals surface area contributed by atoms with Crippen LogP contribution in [0.2, 0.25) is 0 Å². The number of morpholine rings is 1. The predicted octanol–water partition coefficient (Wildman–Crippen LogP) is 4.06. The van der Waals surface area contributed by atoms with Gasteiger partial charge in [-0.15, -0.1) is 0 Å². The second-order valence-electron chi connectivity index (χ2n) is 7.78. The summed E-state index contributed by atoms with van der Waals surface area (Å²) < 4.78 is 18.7. The lowest BCUT2D eigenvalue weighted by Crippen LogP contribution is -2.41. The Labute approximate surface area is 183 Å². The van der Waals surface area contributed by atoms with Crippen molar-refractivity contribution in [3.05, 3.63) is 59.8 Å². The zero-order valence-corrected chi connectivity index (χ0v) is 18.5. The zero-order chi connectivity index (χ0) is 21.8. The van der Waals surface area contributed by atoms with E-state index in [-0.39, 0.29) is 11.8 Å². The molecule has 0 N–H and O–H groups in total. The smallest absolute Gasteiger partial charge is 0.223 e. The summed E-state index contributed by atoms with van der Waals surface area (Å²) >= 11 is 0. The Balaban J connectivity index is 1.81. The first-order valence-corrected chi connectivity index (χ1v) is 10.8. The molecule has 0 saturated carbocycles. The number of methoxy groups -OCH3 is 2. The molecule has 0 spiro atoms. The summed E-state index contributed by atoms with van der Waals surface area (Å²) in [5, 5.41) is 1.17. The van der Waals surface area contributed by atoms with E-state index in [1.54, 1.807) is 14.2 Å². The number of aryl methyl sites for hydroxylation is 1. The largest absolute Gasteiger partial charge is 0.497 e. The van der Waals surface area contributed by atoms with Crippen molar-refractivity contribution < 1.29 is 19.0 Å². The van der Waals surface area contributed by atoms with Crippen LogP contribution in [-0.4, -0.2) is 55.9 Å². The van der Waals surface area contributed by atoms with Crippen LogP contribution in [-0.2, 0) is 16.1 Å². The van der Waals surface area contributed by atoms with Crippen LogP contribution in [0.5, 0.6) is 11.5 Å². The van der Waals surface area contributed by atoms with Gasteiger partial charge >= 0.3 is 0 Å². The minimum absolute atomic E-state index is 0.114. The first kappa shape index (κ1) is 21.2. The minimum atomic E-state index is -0.114. The van der Waals surface area contributed by atoms with Crippen molar-refractivity contribution in [2.45, 2.75) is 25.8 Å². The van der Waals surface area contributed by atoms with Gasteiger partial charge in [-0.05, 0) is 36.2 Å². The van der Waals surface area contributed by atoms with Gasteiger partial charge < -0.3 is 23.7 Å². The summed E-state index contributed by atoms with van der Waals surface area (Å²) in [7, 11) is 3.30. The number of hydrogen-bond donors (Lipinski definition) is 0. The first-order valence-electron chi connectivity index (χ1n) is 10.8. The Morgan fingerprint density at radius 2 is 1.74 bits per heavy atom. The Hall–Kier alpha value is -2.99. The number of carbonyl (C=O) groups excluding carboxylic acids is 1. The molecule has 6 heteroatoms. The lowest BCUT2D eigenvalue weighted by atomic mass is 9.87. The maximum absolute atomic E-state index is 13.3. The highest BCUT2D eigenvalue weighted by Crippen LogP contribution is 2.38. The molecule has 4 rings (SSSR count). The minimum Gasteiger partial charge on any atom is -0.497 e. The molecule has 164 valence electrons. The van der Waals surface area contributed by atoms with E-state index in [9.17, 15) is 4.79 Å². The van der Waals surface area contributed by atoms with Gasteiger partial charge in [0.15, 0.2) is 0 Å². The van der Waals surface area contributed by atoms with E-state index in [1.807, 2.05) is 23.1 Å². The van der Waals surface area contributed by atoms with Crippen molar-refractivity contribution in [1.29, 1.82) is 0 Å². The highest BCUT2D eigenvalue weighted by molar-refractivity contribution is 5.87. The molecule has 1 saturated heterocycles. The van der Waals surface area contributed by atoms with Crippen molar-refractivity contribution in [3.8, 4) is 11.5 Å². The molecule has 1 amide bonds. The molecule has 0 aliphatic carbocycles. The number of carbonyl (C=O) groups is 1. The average Bonchev–Trinajstić information content (AvgIpc) is 3.21. The van der Waals surface area contributed by atoms with Gasteiger partial charge in [0.1, 0.15) is 11.5 Å². The fourth-order valence-electron chi connectivity index (χ4n) is 4.37. The Kier molecular flexibility index (Phi) is 6.47. The van der Waals surface area contributed by atoms with Gasteiger partial charge in [-0.3, -0.25) is 4.79 Å². The zero-order valence-electron chi connectivity index (χ0n) is 18.5. The van der Waals surface area contributed by atoms with Gasteiger partial charge in [0.2, 0.25) is 5.91 Å². The number of aromatic nitrogens is 1. The number of rotatable bonds is 7. The molecule has 1 aliphatic heterocycles. The SMILES string of the molecule is CCn1cc([C@@H](CC(=O)N2CCOCC2)c2cc(OC)cc(OC)c2)c2ccccc21. The van der Waals surface area contributed by atoms with E-state index in [0.717, 1.165) is 29.2 Å². The molecule has 1 aromatic heterocycles. The van der Waals surface area contributed by atoms with Crippen molar-refractivity contribution in [2.24, 2.45) is 0 Å². The van der Waals surface area contributed by atoms with Crippen LogP contribution in [0, 0.1) is 0 Å². The summed E-state index contributed by atoms with van der Waals surface area (Å²) in [6.07, 6.45) is 2.57. The Morgan fingerprint density at radius 3 is 2.39 bits per heavy atom. The highest BCUT2D eigenvalue weighted by Gasteiger charge is 2.27. The lowest BCUT2D eigenvalue weighted by Gasteiger charge is -2.29. The molecule has 3 aromatic rings. The standard InChI is InChI=1S/C25H30N2O4/c1-4-26-17-23(21-7-5-6-8-24(21)26)22(16-25(28)27-9-11-31-12-10-27)18-13-19(29-2)15-20(14-18)30-3/h5-8,13-15,17,22H,4,9-12,16H2,1-3H3/t22-/m0/s1. The van der Waals surface area contributed by atoms with Crippen molar-refractivity contribution in [1.82, 2.24) is 9.47 Å². The summed E-state index contributed by atoms with van der Waals surface area (Å²) in [4.78, 5) is 15.2. The van der Waals surface area contributed by atoms with Crippen LogP contribution in [0.3, 0.4) is 0 Å². The van der Waals surface area contributed by atoms with E-state index in [0.29, 0.717) is 32.7 Å². The van der Waals surface area contributed by atoms with Gasteiger partial charge in [0.05, 0.1) is 27.4 Å². The summed E-state index contributed by atoms with van der Waals surface area (Å²) in [5.74, 6) is 1.47. The summed E-state index contributed by atoms with van der Waals surface area (Å²) in [6, 6.07) is 14.3. The maximum Gasteiger partial charge on any atom is 0.223 e. The normalized spacial score (nSPS) is 15.1. The molecule has 1 fully saturated rings. The van der Waals surface area contributed by atoms with Gasteiger partial charge in [-0.1, -0.05) is 18.2 Å². The van der Waals surface area contributed by atoms with Crippen molar-refractivity contribution in [3.63, 3.8) is 0 Å². The van der Waals surface area contributed by atoms with E-state index >= 15 is 0 Å². The topological polar surface area (TPSA) is 52.9 Å². The van der Waals surface area contributed by atoms with E-state index in [4.69, 9.17) is 14.2 Å². The molecule has 1 atom stereocenters. The quantitative estimate of drug-likeness (QED) is 0.576. The van der Waals surface area contributed by atoms with E-state index in [1.165, 1.54) is 10.9 Å². The van der Waals surface area contributed by atoms with Gasteiger partial charge in [0.25, 0.3) is 0 Å². The molecule has 0 unspecified atom stereocenters. The van der Waals surface area contributed by atoms with Gasteiger partial charge in [0, 0.05) is 55.1 Å². The lowest BCUT2D eigenvalue weighted by molar-refractivity contribution is -0.135. The van der Waals surface area contributed by atoms with Crippen LogP contribution >= 0.6 is 0 Å². The number of benzene rings is 2. The third-order valence-corrected chi connectivity index (χ3v) is 6.05. The molecule has 0 bridgehead atoms. The van der Waals surface area contributed by atoms with Crippen LogP contribution in [0.15, 0.2) is 48.7 Å². The number of nitrogens with zero attached hydrogens (tertiary/aromatic N) is 2. The molecular weight excluding hydrogens is 392 g/mol. The van der Waals surface area contributed by atoms with Crippen molar-refractivity contribution >= 4 is 16.8 Å². The number of amides is 1. The first-order chi connectivity index (χ1) is 15.1. The molecule has 2 aromatic carbocycles. The third-order valence-electron chi connectivity index (χ3n) is 6.05. The molecule has 1 aliphatic rings. The van der Waals surface area contributed by atoms with Gasteiger partial charge in [-0.2, -0.15) is 0 Å². The number of fused-ring (bicyclic) bond motifs is 1. The molecular formula is C25H30N2O4. The molecule has 6 nitrogen and oxygen atoms in total. The van der Waals surface area contributed by atoms with E-state index in [2.05, 4.69) is 42.0 Å². The number of para-hydroxylation sites is 1. The highest BCUT2D eigenvalue weighted by atomic mass is 16.5. The maximum atomic E-state index is 13.3. The molecule has 2 heterocycles. The second-order valence-corrected chi connectivity index (χ2v) is 7.78. The van der Waals surface area contributed by atoms with Crippen molar-refractivity contribution in [2.75, 3.05) is 40.5 Å². The molecule has 31 heavy (non-hydrogen) atoms. The third kappa shape index (κ3) is 4.39. The Morgan fingerprint density at radius 1 is 1.06 bits per heavy atom. The van der Waals surface area contributed by atoms with E-state index < -0.39 is 0 Å². The van der Waals surface area contributed by atoms with Gasteiger partial charge in [-0.25, -0.2) is 0 Å². The average molecular weight is 423 g/mol. The second kappa shape index (κ2) is 9.43. The fourth-order valence-corrected chi connectivity index (χ4v) is 4.37. The fraction of sp³-hybridized carbons (Fsp3) is 0.400. The number of ether oxygens (including phenoxy) is 3. The number of hydrogen-bond acceptors (Lipinski definition) is 4. The van der Waals surface area contributed by atoms with Crippen LogP contribution in [0.25, 0.3) is 10.9 Å². The monoisotopic (exact) mass is 422 g/mol. The van der Waals surface area contributed by atoms with Crippen LogP contribution < -0.4 is 9.47 Å². The summed E-state index contributed by atoms with van der Waals surface area (Å²) in [6.45, 7) is 5.48. The Bertz CT molecular complexity index is 1030.